The maximum atomic E-state index is 13.8. The van der Waals surface area contributed by atoms with Gasteiger partial charge in [-0.15, -0.1) is 0 Å². The molecule has 0 aliphatic rings. The van der Waals surface area contributed by atoms with Gasteiger partial charge in [-0.25, -0.2) is 12.8 Å². The van der Waals surface area contributed by atoms with Crippen LogP contribution in [-0.2, 0) is 26.2 Å². The molecule has 0 unspecified atom stereocenters. The van der Waals surface area contributed by atoms with Crippen LogP contribution in [0.5, 0.6) is 5.75 Å². The molecule has 0 aliphatic heterocycles. The number of sulfonamides is 1. The van der Waals surface area contributed by atoms with Crippen molar-refractivity contribution in [2.75, 3.05) is 24.5 Å². The van der Waals surface area contributed by atoms with Gasteiger partial charge >= 0.3 is 0 Å². The molecule has 0 heterocycles. The highest BCUT2D eigenvalue weighted by Crippen LogP contribution is 2.26. The number of nitrogens with zero attached hydrogens (tertiary/aromatic N) is 2. The third-order valence-corrected chi connectivity index (χ3v) is 8.05. The Kier molecular flexibility index (Phi) is 10.3. The van der Waals surface area contributed by atoms with Crippen molar-refractivity contribution in [3.05, 3.63) is 89.2 Å². The molecule has 11 heteroatoms. The monoisotopic (exact) mass is 575 g/mol. The Morgan fingerprint density at radius 2 is 1.59 bits per heavy atom. The second-order valence-corrected chi connectivity index (χ2v) is 10.9. The average molecular weight is 576 g/mol. The topological polar surface area (TPSA) is 96.0 Å². The van der Waals surface area contributed by atoms with E-state index in [4.69, 9.17) is 16.3 Å². The highest BCUT2D eigenvalue weighted by atomic mass is 35.5. The lowest BCUT2D eigenvalue weighted by molar-refractivity contribution is -0.140. The van der Waals surface area contributed by atoms with E-state index in [0.717, 1.165) is 16.4 Å². The fraction of sp³-hybridized carbons (Fsp3) is 0.286. The number of carbonyl (C=O) groups excluding carboxylic acids is 2. The van der Waals surface area contributed by atoms with Crippen LogP contribution in [-0.4, -0.2) is 51.4 Å². The quantitative estimate of drug-likeness (QED) is 0.340. The fourth-order valence-corrected chi connectivity index (χ4v) is 5.55. The number of rotatable bonds is 12. The number of hydrogen-bond acceptors (Lipinski definition) is 5. The van der Waals surface area contributed by atoms with Crippen molar-refractivity contribution in [3.63, 3.8) is 0 Å². The zero-order valence-electron chi connectivity index (χ0n) is 21.9. The van der Waals surface area contributed by atoms with E-state index in [1.807, 2.05) is 6.92 Å². The first kappa shape index (κ1) is 29.9. The third kappa shape index (κ3) is 7.48. The van der Waals surface area contributed by atoms with Gasteiger partial charge in [0.05, 0.1) is 17.2 Å². The normalized spacial score (nSPS) is 11.9. The van der Waals surface area contributed by atoms with Crippen LogP contribution >= 0.6 is 11.6 Å². The highest BCUT2D eigenvalue weighted by Gasteiger charge is 2.33. The summed E-state index contributed by atoms with van der Waals surface area (Å²) in [5, 5.41) is 3.08. The van der Waals surface area contributed by atoms with Crippen molar-refractivity contribution < 1.29 is 27.1 Å². The minimum Gasteiger partial charge on any atom is -0.494 e. The fourth-order valence-electron chi connectivity index (χ4n) is 4.01. The summed E-state index contributed by atoms with van der Waals surface area (Å²) in [5.74, 6) is -1.06. The number of likely N-dealkylation sites (N-methyl/N-ethyl adjacent to an activating group) is 1. The second-order valence-electron chi connectivity index (χ2n) is 8.58. The maximum Gasteiger partial charge on any atom is 0.264 e. The number of benzene rings is 3. The molecule has 0 bridgehead atoms. The highest BCUT2D eigenvalue weighted by molar-refractivity contribution is 7.92. The van der Waals surface area contributed by atoms with Gasteiger partial charge in [0.1, 0.15) is 24.2 Å². The summed E-state index contributed by atoms with van der Waals surface area (Å²) >= 11 is 6.00. The van der Waals surface area contributed by atoms with E-state index in [0.29, 0.717) is 29.4 Å². The Morgan fingerprint density at radius 3 is 2.13 bits per heavy atom. The molecule has 208 valence electrons. The molecule has 0 aliphatic carbocycles. The van der Waals surface area contributed by atoms with E-state index in [-0.39, 0.29) is 23.0 Å². The van der Waals surface area contributed by atoms with E-state index >= 15 is 0 Å². The number of ether oxygens (including phenoxy) is 1. The number of hydrogen-bond donors (Lipinski definition) is 1. The number of anilines is 1. The van der Waals surface area contributed by atoms with Crippen molar-refractivity contribution in [1.29, 1.82) is 0 Å². The van der Waals surface area contributed by atoms with Gasteiger partial charge in [0, 0.05) is 18.6 Å². The van der Waals surface area contributed by atoms with Crippen LogP contribution in [0.3, 0.4) is 0 Å². The van der Waals surface area contributed by atoms with Gasteiger partial charge < -0.3 is 15.0 Å². The van der Waals surface area contributed by atoms with Crippen molar-refractivity contribution in [2.45, 2.75) is 37.8 Å². The molecular weight excluding hydrogens is 545 g/mol. The van der Waals surface area contributed by atoms with Crippen molar-refractivity contribution >= 4 is 39.1 Å². The summed E-state index contributed by atoms with van der Waals surface area (Å²) in [6, 6.07) is 16.5. The zero-order valence-corrected chi connectivity index (χ0v) is 23.5. The number of nitrogens with one attached hydrogen (secondary N) is 1. The molecule has 8 nitrogen and oxygen atoms in total. The smallest absolute Gasteiger partial charge is 0.264 e. The third-order valence-electron chi connectivity index (χ3n) is 6.01. The average Bonchev–Trinajstić information content (AvgIpc) is 2.93. The molecule has 1 N–H and O–H groups in total. The predicted molar refractivity (Wildman–Crippen MR) is 149 cm³/mol. The molecule has 0 spiro atoms. The minimum absolute atomic E-state index is 0.0439. The van der Waals surface area contributed by atoms with Crippen LogP contribution in [0, 0.1) is 5.82 Å². The Balaban J connectivity index is 2.03. The minimum atomic E-state index is -4.27. The van der Waals surface area contributed by atoms with Gasteiger partial charge in [0.25, 0.3) is 10.0 Å². The Labute approximate surface area is 233 Å². The molecule has 39 heavy (non-hydrogen) atoms. The molecule has 3 aromatic carbocycles. The van der Waals surface area contributed by atoms with Crippen molar-refractivity contribution in [2.24, 2.45) is 0 Å². The Morgan fingerprint density at radius 1 is 0.974 bits per heavy atom. The van der Waals surface area contributed by atoms with Crippen LogP contribution in [0.2, 0.25) is 5.02 Å². The van der Waals surface area contributed by atoms with Gasteiger partial charge in [0.15, 0.2) is 0 Å². The molecule has 0 fully saturated rings. The van der Waals surface area contributed by atoms with Crippen LogP contribution in [0.4, 0.5) is 10.1 Å². The van der Waals surface area contributed by atoms with Crippen molar-refractivity contribution in [3.8, 4) is 5.75 Å². The first-order valence-electron chi connectivity index (χ1n) is 12.4. The largest absolute Gasteiger partial charge is 0.494 e. The standard InChI is InChI=1S/C28H31ClFN3O5S/c1-4-26(28(35)31-3)32(18-20-6-8-21(29)9-7-20)27(34)19-33(23-12-10-22(30)11-13-23)39(36,37)25-16-14-24(15-17-25)38-5-2/h6-17,26H,4-5,18-19H2,1-3H3,(H,31,35)/t26-/m0/s1. The molecule has 1 atom stereocenters. The predicted octanol–water partition coefficient (Wildman–Crippen LogP) is 4.63. The lowest BCUT2D eigenvalue weighted by Gasteiger charge is -2.33. The lowest BCUT2D eigenvalue weighted by atomic mass is 10.1. The maximum absolute atomic E-state index is 13.8. The first-order chi connectivity index (χ1) is 18.6. The zero-order chi connectivity index (χ0) is 28.6. The summed E-state index contributed by atoms with van der Waals surface area (Å²) in [6.45, 7) is 3.40. The number of amides is 2. The summed E-state index contributed by atoms with van der Waals surface area (Å²) in [6.07, 6.45) is 0.293. The SMILES string of the molecule is CCOc1ccc(S(=O)(=O)N(CC(=O)N(Cc2ccc(Cl)cc2)[C@@H](CC)C(=O)NC)c2ccc(F)cc2)cc1. The number of halogens is 2. The van der Waals surface area contributed by atoms with E-state index in [9.17, 15) is 22.4 Å². The lowest BCUT2D eigenvalue weighted by Crippen LogP contribution is -2.51. The van der Waals surface area contributed by atoms with Gasteiger partial charge in [-0.2, -0.15) is 0 Å². The molecule has 0 saturated carbocycles. The van der Waals surface area contributed by atoms with Gasteiger partial charge in [-0.05, 0) is 79.6 Å². The first-order valence-corrected chi connectivity index (χ1v) is 14.2. The molecule has 0 aromatic heterocycles. The second kappa shape index (κ2) is 13.4. The summed E-state index contributed by atoms with van der Waals surface area (Å²) in [7, 11) is -2.80. The van der Waals surface area contributed by atoms with E-state index in [1.165, 1.54) is 48.3 Å². The van der Waals surface area contributed by atoms with Gasteiger partial charge in [-0.1, -0.05) is 30.7 Å². The van der Waals surface area contributed by atoms with Gasteiger partial charge in [0.2, 0.25) is 11.8 Å². The summed E-state index contributed by atoms with van der Waals surface area (Å²) in [5.41, 5.74) is 0.802. The summed E-state index contributed by atoms with van der Waals surface area (Å²) < 4.78 is 47.6. The molecular formula is C28H31ClFN3O5S. The van der Waals surface area contributed by atoms with Crippen LogP contribution in [0.15, 0.2) is 77.7 Å². The molecule has 0 saturated heterocycles. The Hall–Kier alpha value is -3.63. The van der Waals surface area contributed by atoms with Gasteiger partial charge in [-0.3, -0.25) is 13.9 Å². The van der Waals surface area contributed by atoms with E-state index < -0.39 is 34.3 Å². The summed E-state index contributed by atoms with van der Waals surface area (Å²) in [4.78, 5) is 27.8. The van der Waals surface area contributed by atoms with Crippen LogP contribution < -0.4 is 14.4 Å². The van der Waals surface area contributed by atoms with Crippen LogP contribution in [0.1, 0.15) is 25.8 Å². The van der Waals surface area contributed by atoms with Crippen LogP contribution in [0.25, 0.3) is 0 Å². The molecule has 3 rings (SSSR count). The Bertz CT molecular complexity index is 1370. The van der Waals surface area contributed by atoms with E-state index in [2.05, 4.69) is 5.32 Å². The number of carbonyl (C=O) groups is 2. The molecule has 3 aromatic rings. The molecule has 0 radical (unpaired) electrons. The molecule has 2 amide bonds. The van der Waals surface area contributed by atoms with E-state index in [1.54, 1.807) is 31.2 Å². The van der Waals surface area contributed by atoms with Crippen molar-refractivity contribution in [1.82, 2.24) is 10.2 Å².